The number of aliphatic carboxylic acids is 1. The minimum absolute atomic E-state index is 0.477. The van der Waals surface area contributed by atoms with Crippen molar-refractivity contribution in [3.63, 3.8) is 0 Å². The Kier molecular flexibility index (Phi) is 3.69. The number of carboxylic acid groups (broad SMARTS) is 1. The number of carboxylic acids is 1. The number of allylic oxidation sites excluding steroid dienone is 1. The fourth-order valence-corrected chi connectivity index (χ4v) is 7.86. The van der Waals surface area contributed by atoms with Gasteiger partial charge < -0.3 is 9.53 Å². The Morgan fingerprint density at radius 3 is 2.31 bits per heavy atom. The number of hydrogen-bond donors (Lipinski definition) is 1. The molecule has 5 heteroatoms. The van der Waals surface area contributed by atoms with E-state index in [0.717, 1.165) is 12.2 Å². The maximum atomic E-state index is 11.1. The molecule has 0 spiro atoms. The third-order valence-electron chi connectivity index (χ3n) is 3.93. The van der Waals surface area contributed by atoms with Crippen LogP contribution in [0.4, 0.5) is 0 Å². The highest BCUT2D eigenvalue weighted by atomic mass is 29.3. The second-order valence-electron chi connectivity index (χ2n) is 5.56. The molecule has 0 aromatic heterocycles. The minimum atomic E-state index is -1.69. The molecular formula is C11H22O3Si2. The predicted octanol–water partition coefficient (Wildman–Crippen LogP) is 3.15. The smallest absolute Gasteiger partial charge is 0.334 e. The van der Waals surface area contributed by atoms with Crippen molar-refractivity contribution in [1.82, 2.24) is 0 Å². The van der Waals surface area contributed by atoms with Crippen molar-refractivity contribution in [2.24, 2.45) is 0 Å². The molecule has 0 saturated carbocycles. The Labute approximate surface area is 99.4 Å². The van der Waals surface area contributed by atoms with Crippen LogP contribution in [0.5, 0.6) is 0 Å². The summed E-state index contributed by atoms with van der Waals surface area (Å²) < 4.78 is 6.10. The topological polar surface area (TPSA) is 46.5 Å². The van der Waals surface area contributed by atoms with Crippen LogP contribution in [0.1, 0.15) is 19.8 Å². The molecule has 1 N–H and O–H groups in total. The molecule has 1 rings (SSSR count). The van der Waals surface area contributed by atoms with Crippen molar-refractivity contribution in [3.05, 3.63) is 11.3 Å². The summed E-state index contributed by atoms with van der Waals surface area (Å²) in [5.41, 5.74) is 0.477. The number of carbonyl (C=O) groups is 1. The van der Waals surface area contributed by atoms with Gasteiger partial charge in [-0.25, -0.2) is 4.79 Å². The van der Waals surface area contributed by atoms with E-state index in [1.54, 1.807) is 0 Å². The normalized spacial score (nSPS) is 25.8. The highest BCUT2D eigenvalue weighted by Gasteiger charge is 2.48. The molecule has 0 aliphatic carbocycles. The zero-order chi connectivity index (χ0) is 12.6. The summed E-state index contributed by atoms with van der Waals surface area (Å²) >= 11 is 0. The monoisotopic (exact) mass is 258 g/mol. The van der Waals surface area contributed by atoms with Gasteiger partial charge >= 0.3 is 5.97 Å². The van der Waals surface area contributed by atoms with Gasteiger partial charge in [0.2, 0.25) is 7.83 Å². The van der Waals surface area contributed by atoms with Gasteiger partial charge in [0.25, 0.3) is 0 Å². The van der Waals surface area contributed by atoms with E-state index in [-0.39, 0.29) is 0 Å². The van der Waals surface area contributed by atoms with Gasteiger partial charge in [-0.15, -0.1) is 0 Å². The first-order valence-electron chi connectivity index (χ1n) is 5.85. The Morgan fingerprint density at radius 1 is 1.38 bits per heavy atom. The van der Waals surface area contributed by atoms with Gasteiger partial charge in [0, 0.05) is 6.42 Å². The number of rotatable bonds is 2. The first-order valence-corrected chi connectivity index (χ1v) is 13.0. The van der Waals surface area contributed by atoms with Gasteiger partial charge in [0.1, 0.15) is 0 Å². The van der Waals surface area contributed by atoms with E-state index in [2.05, 4.69) is 26.2 Å². The van der Waals surface area contributed by atoms with Crippen LogP contribution in [-0.2, 0) is 9.22 Å². The zero-order valence-electron chi connectivity index (χ0n) is 10.9. The summed E-state index contributed by atoms with van der Waals surface area (Å²) in [5.74, 6) is -0.0536. The molecule has 3 nitrogen and oxygen atoms in total. The lowest BCUT2D eigenvalue weighted by Crippen LogP contribution is -2.59. The highest BCUT2D eigenvalue weighted by Crippen LogP contribution is 2.36. The molecule has 1 saturated heterocycles. The van der Waals surface area contributed by atoms with Gasteiger partial charge in [-0.1, -0.05) is 20.0 Å². The summed E-state index contributed by atoms with van der Waals surface area (Å²) in [4.78, 5) is 11.1. The maximum absolute atomic E-state index is 11.1. The first kappa shape index (κ1) is 13.5. The van der Waals surface area contributed by atoms with Crippen molar-refractivity contribution in [2.45, 2.75) is 52.0 Å². The Balaban J connectivity index is 3.03. The largest absolute Gasteiger partial charge is 0.549 e. The SMILES string of the molecule is CCC(C(=O)O)=C1CC[Si](C)(C)[Si](C)(C)O1. The van der Waals surface area contributed by atoms with Gasteiger partial charge in [0.05, 0.1) is 18.9 Å². The van der Waals surface area contributed by atoms with Gasteiger partial charge in [-0.05, 0) is 25.6 Å². The number of hydrogen-bond acceptors (Lipinski definition) is 2. The third kappa shape index (κ3) is 2.40. The lowest BCUT2D eigenvalue weighted by Gasteiger charge is -2.43. The highest BCUT2D eigenvalue weighted by molar-refractivity contribution is 7.38. The van der Waals surface area contributed by atoms with E-state index in [9.17, 15) is 4.79 Å². The molecule has 1 fully saturated rings. The lowest BCUT2D eigenvalue weighted by atomic mass is 10.1. The Hall–Kier alpha value is -0.556. The molecule has 1 aliphatic heterocycles. The molecule has 0 amide bonds. The van der Waals surface area contributed by atoms with E-state index in [1.807, 2.05) is 6.92 Å². The molecule has 1 heterocycles. The molecule has 0 bridgehead atoms. The van der Waals surface area contributed by atoms with Crippen LogP contribution in [0.2, 0.25) is 32.2 Å². The Bertz CT molecular complexity index is 332. The fourth-order valence-electron chi connectivity index (χ4n) is 1.90. The zero-order valence-corrected chi connectivity index (χ0v) is 12.9. The van der Waals surface area contributed by atoms with E-state index < -0.39 is 21.4 Å². The van der Waals surface area contributed by atoms with Crippen molar-refractivity contribution >= 4 is 21.4 Å². The molecule has 0 radical (unpaired) electrons. The van der Waals surface area contributed by atoms with Crippen LogP contribution in [0.3, 0.4) is 0 Å². The van der Waals surface area contributed by atoms with Gasteiger partial charge in [-0.2, -0.15) is 0 Å². The fraction of sp³-hybridized carbons (Fsp3) is 0.727. The second-order valence-corrected chi connectivity index (χ2v) is 20.7. The third-order valence-corrected chi connectivity index (χ3v) is 20.3. The molecule has 16 heavy (non-hydrogen) atoms. The predicted molar refractivity (Wildman–Crippen MR) is 70.4 cm³/mol. The summed E-state index contributed by atoms with van der Waals surface area (Å²) in [6.07, 6.45) is 1.38. The van der Waals surface area contributed by atoms with Crippen molar-refractivity contribution in [3.8, 4) is 0 Å². The van der Waals surface area contributed by atoms with Crippen molar-refractivity contribution in [1.29, 1.82) is 0 Å². The van der Waals surface area contributed by atoms with E-state index in [1.165, 1.54) is 6.04 Å². The summed E-state index contributed by atoms with van der Waals surface area (Å²) in [6.45, 7) is 11.1. The molecule has 1 aliphatic rings. The minimum Gasteiger partial charge on any atom is -0.549 e. The van der Waals surface area contributed by atoms with Crippen LogP contribution in [0.15, 0.2) is 11.3 Å². The Morgan fingerprint density at radius 2 is 1.94 bits per heavy atom. The quantitative estimate of drug-likeness (QED) is 0.611. The standard InChI is InChI=1S/C11H22O3Si2/c1-6-9(11(12)13)10-7-8-15(2,3)16(4,5)14-10/h6-8H2,1-5H3,(H,12,13). The van der Waals surface area contributed by atoms with Crippen LogP contribution in [-0.4, -0.2) is 26.5 Å². The molecule has 92 valence electrons. The van der Waals surface area contributed by atoms with E-state index in [4.69, 9.17) is 9.53 Å². The lowest BCUT2D eigenvalue weighted by molar-refractivity contribution is -0.133. The summed E-state index contributed by atoms with van der Waals surface area (Å²) in [5, 5.41) is 9.11. The summed E-state index contributed by atoms with van der Waals surface area (Å²) in [6, 6.07) is 1.17. The first-order chi connectivity index (χ1) is 7.21. The van der Waals surface area contributed by atoms with E-state index >= 15 is 0 Å². The van der Waals surface area contributed by atoms with Crippen molar-refractivity contribution < 1.29 is 14.3 Å². The molecule has 0 unspecified atom stereocenters. The van der Waals surface area contributed by atoms with Crippen molar-refractivity contribution in [2.75, 3.05) is 0 Å². The summed E-state index contributed by atoms with van der Waals surface area (Å²) in [7, 11) is -2.95. The molecule has 0 atom stereocenters. The molecular weight excluding hydrogens is 236 g/mol. The van der Waals surface area contributed by atoms with Crippen LogP contribution in [0, 0.1) is 0 Å². The second kappa shape index (κ2) is 4.37. The maximum Gasteiger partial charge on any atom is 0.334 e. The van der Waals surface area contributed by atoms with E-state index in [0.29, 0.717) is 12.0 Å². The van der Waals surface area contributed by atoms with Crippen LogP contribution in [0.25, 0.3) is 0 Å². The van der Waals surface area contributed by atoms with Crippen LogP contribution < -0.4 is 0 Å². The molecule has 0 aromatic carbocycles. The van der Waals surface area contributed by atoms with Gasteiger partial charge in [-0.3, -0.25) is 0 Å². The molecule has 0 aromatic rings. The average Bonchev–Trinajstić information content (AvgIpc) is 2.12. The van der Waals surface area contributed by atoms with Gasteiger partial charge in [0.15, 0.2) is 0 Å². The van der Waals surface area contributed by atoms with Crippen LogP contribution >= 0.6 is 0 Å². The average molecular weight is 258 g/mol.